The van der Waals surface area contributed by atoms with Gasteiger partial charge in [0.05, 0.1) is 6.10 Å². The molecule has 0 spiro atoms. The fraction of sp³-hybridized carbons (Fsp3) is 0.611. The second kappa shape index (κ2) is 9.73. The largest absolute Gasteiger partial charge is 0.491 e. The van der Waals surface area contributed by atoms with Crippen LogP contribution in [0.1, 0.15) is 39.5 Å². The minimum absolute atomic E-state index is 0.191. The Bertz CT molecular complexity index is 470. The lowest BCUT2D eigenvalue weighted by Crippen LogP contribution is -2.34. The first-order valence-corrected chi connectivity index (χ1v) is 9.08. The maximum Gasteiger partial charge on any atom is 0.170 e. The van der Waals surface area contributed by atoms with Crippen LogP contribution >= 0.6 is 12.2 Å². The van der Waals surface area contributed by atoms with Crippen molar-refractivity contribution in [3.05, 3.63) is 24.3 Å². The van der Waals surface area contributed by atoms with Crippen molar-refractivity contribution in [3.63, 3.8) is 0 Å². The molecule has 1 fully saturated rings. The summed E-state index contributed by atoms with van der Waals surface area (Å²) in [6.07, 6.45) is 5.41. The molecule has 1 aromatic carbocycles. The van der Waals surface area contributed by atoms with E-state index in [1.807, 2.05) is 38.1 Å². The lowest BCUT2D eigenvalue weighted by molar-refractivity contribution is 0.227. The first kappa shape index (κ1) is 18.0. The van der Waals surface area contributed by atoms with Crippen LogP contribution in [-0.2, 0) is 0 Å². The van der Waals surface area contributed by atoms with E-state index in [9.17, 15) is 0 Å². The molecule has 1 aromatic rings. The van der Waals surface area contributed by atoms with Gasteiger partial charge in [-0.2, -0.15) is 0 Å². The van der Waals surface area contributed by atoms with Crippen molar-refractivity contribution in [3.8, 4) is 5.75 Å². The van der Waals surface area contributed by atoms with Gasteiger partial charge in [0.2, 0.25) is 0 Å². The summed E-state index contributed by atoms with van der Waals surface area (Å²) in [7, 11) is 0. The average Bonchev–Trinajstić information content (AvgIpc) is 2.54. The van der Waals surface area contributed by atoms with E-state index in [0.29, 0.717) is 5.11 Å². The molecule has 128 valence electrons. The van der Waals surface area contributed by atoms with E-state index < -0.39 is 0 Å². The smallest absolute Gasteiger partial charge is 0.170 e. The molecule has 0 amide bonds. The Balaban J connectivity index is 1.62. The van der Waals surface area contributed by atoms with Crippen molar-refractivity contribution in [2.24, 2.45) is 0 Å². The highest BCUT2D eigenvalue weighted by molar-refractivity contribution is 7.80. The molecule has 1 aliphatic rings. The van der Waals surface area contributed by atoms with Crippen LogP contribution in [0.3, 0.4) is 0 Å². The Morgan fingerprint density at radius 3 is 2.52 bits per heavy atom. The molecule has 0 aromatic heterocycles. The molecular formula is C18H29N3OS. The zero-order valence-electron chi connectivity index (χ0n) is 14.3. The Labute approximate surface area is 145 Å². The summed E-state index contributed by atoms with van der Waals surface area (Å²) in [4.78, 5) is 2.55. The van der Waals surface area contributed by atoms with Crippen LogP contribution in [0.4, 0.5) is 5.69 Å². The molecule has 0 atom stereocenters. The van der Waals surface area contributed by atoms with Gasteiger partial charge < -0.3 is 20.3 Å². The lowest BCUT2D eigenvalue weighted by atomic mass is 10.1. The Morgan fingerprint density at radius 2 is 1.87 bits per heavy atom. The number of anilines is 1. The molecule has 0 aliphatic carbocycles. The summed E-state index contributed by atoms with van der Waals surface area (Å²) in [5.74, 6) is 0.881. The number of hydrogen-bond acceptors (Lipinski definition) is 3. The van der Waals surface area contributed by atoms with E-state index in [1.54, 1.807) is 0 Å². The number of hydrogen-bond donors (Lipinski definition) is 2. The molecule has 0 bridgehead atoms. The number of nitrogens with one attached hydrogen (secondary N) is 2. The molecule has 0 saturated carbocycles. The Kier molecular flexibility index (Phi) is 7.62. The van der Waals surface area contributed by atoms with Gasteiger partial charge in [-0.1, -0.05) is 6.42 Å². The predicted molar refractivity (Wildman–Crippen MR) is 101 cm³/mol. The van der Waals surface area contributed by atoms with Gasteiger partial charge in [0.1, 0.15) is 5.75 Å². The zero-order chi connectivity index (χ0) is 16.5. The first-order chi connectivity index (χ1) is 11.1. The SMILES string of the molecule is CC(C)Oc1ccc(NC(=S)NCCCN2CCCCC2)cc1. The maximum atomic E-state index is 5.63. The third-order valence-electron chi connectivity index (χ3n) is 3.87. The number of thiocarbonyl (C=S) groups is 1. The molecule has 0 unspecified atom stereocenters. The zero-order valence-corrected chi connectivity index (χ0v) is 15.1. The molecule has 1 aliphatic heterocycles. The summed E-state index contributed by atoms with van der Waals surface area (Å²) in [6, 6.07) is 7.89. The molecule has 1 heterocycles. The van der Waals surface area contributed by atoms with Gasteiger partial charge in [-0.3, -0.25) is 0 Å². The van der Waals surface area contributed by atoms with Crippen LogP contribution in [0.15, 0.2) is 24.3 Å². The highest BCUT2D eigenvalue weighted by atomic mass is 32.1. The van der Waals surface area contributed by atoms with Crippen LogP contribution in [-0.4, -0.2) is 42.3 Å². The van der Waals surface area contributed by atoms with Gasteiger partial charge in [-0.15, -0.1) is 0 Å². The topological polar surface area (TPSA) is 36.5 Å². The first-order valence-electron chi connectivity index (χ1n) is 8.67. The van der Waals surface area contributed by atoms with Crippen LogP contribution in [0.25, 0.3) is 0 Å². The molecule has 2 rings (SSSR count). The highest BCUT2D eigenvalue weighted by Crippen LogP contribution is 2.16. The van der Waals surface area contributed by atoms with Gasteiger partial charge in [0.25, 0.3) is 0 Å². The molecule has 5 heteroatoms. The third-order valence-corrected chi connectivity index (χ3v) is 4.12. The minimum Gasteiger partial charge on any atom is -0.491 e. The van der Waals surface area contributed by atoms with E-state index >= 15 is 0 Å². The molecule has 0 radical (unpaired) electrons. The minimum atomic E-state index is 0.191. The Hall–Kier alpha value is -1.33. The van der Waals surface area contributed by atoms with Crippen LogP contribution < -0.4 is 15.4 Å². The number of benzene rings is 1. The second-order valence-corrected chi connectivity index (χ2v) is 6.74. The number of ether oxygens (including phenoxy) is 1. The number of piperidine rings is 1. The van der Waals surface area contributed by atoms with Crippen molar-refractivity contribution in [1.82, 2.24) is 10.2 Å². The van der Waals surface area contributed by atoms with Crippen LogP contribution in [0.5, 0.6) is 5.75 Å². The maximum absolute atomic E-state index is 5.63. The van der Waals surface area contributed by atoms with E-state index in [1.165, 1.54) is 32.4 Å². The normalized spacial score (nSPS) is 15.4. The summed E-state index contributed by atoms with van der Waals surface area (Å²) < 4.78 is 5.63. The van der Waals surface area contributed by atoms with Crippen molar-refractivity contribution < 1.29 is 4.74 Å². The molecular weight excluding hydrogens is 306 g/mol. The molecule has 4 nitrogen and oxygen atoms in total. The van der Waals surface area contributed by atoms with Crippen LogP contribution in [0.2, 0.25) is 0 Å². The monoisotopic (exact) mass is 335 g/mol. The standard InChI is InChI=1S/C18H29N3OS/c1-15(2)22-17-9-7-16(8-10-17)20-18(23)19-11-6-14-21-12-4-3-5-13-21/h7-10,15H,3-6,11-14H2,1-2H3,(H2,19,20,23). The molecule has 2 N–H and O–H groups in total. The van der Waals surface area contributed by atoms with Crippen molar-refractivity contribution in [2.45, 2.75) is 45.6 Å². The van der Waals surface area contributed by atoms with E-state index in [4.69, 9.17) is 17.0 Å². The fourth-order valence-corrected chi connectivity index (χ4v) is 2.97. The van der Waals surface area contributed by atoms with E-state index in [0.717, 1.165) is 30.9 Å². The third kappa shape index (κ3) is 7.18. The molecule has 23 heavy (non-hydrogen) atoms. The van der Waals surface area contributed by atoms with Crippen LogP contribution in [0, 0.1) is 0 Å². The summed E-state index contributed by atoms with van der Waals surface area (Å²) in [5.41, 5.74) is 0.981. The number of nitrogens with zero attached hydrogens (tertiary/aromatic N) is 1. The van der Waals surface area contributed by atoms with E-state index in [2.05, 4.69) is 15.5 Å². The summed E-state index contributed by atoms with van der Waals surface area (Å²) in [5, 5.41) is 7.17. The van der Waals surface area contributed by atoms with Crippen molar-refractivity contribution in [2.75, 3.05) is 31.5 Å². The highest BCUT2D eigenvalue weighted by Gasteiger charge is 2.08. The van der Waals surface area contributed by atoms with Crippen molar-refractivity contribution in [1.29, 1.82) is 0 Å². The average molecular weight is 336 g/mol. The summed E-state index contributed by atoms with van der Waals surface area (Å²) in [6.45, 7) is 8.64. The second-order valence-electron chi connectivity index (χ2n) is 6.33. The number of likely N-dealkylation sites (tertiary alicyclic amines) is 1. The fourth-order valence-electron chi connectivity index (χ4n) is 2.75. The predicted octanol–water partition coefficient (Wildman–Crippen LogP) is 3.64. The molecule has 1 saturated heterocycles. The van der Waals surface area contributed by atoms with E-state index in [-0.39, 0.29) is 6.10 Å². The van der Waals surface area contributed by atoms with Gasteiger partial charge in [-0.25, -0.2) is 0 Å². The Morgan fingerprint density at radius 1 is 1.17 bits per heavy atom. The van der Waals surface area contributed by atoms with Gasteiger partial charge in [0, 0.05) is 12.2 Å². The van der Waals surface area contributed by atoms with Gasteiger partial charge in [-0.05, 0) is 89.2 Å². The quantitative estimate of drug-likeness (QED) is 0.588. The number of rotatable bonds is 7. The van der Waals surface area contributed by atoms with Crippen molar-refractivity contribution >= 4 is 23.0 Å². The lowest BCUT2D eigenvalue weighted by Gasteiger charge is -2.26. The van der Waals surface area contributed by atoms with Gasteiger partial charge >= 0.3 is 0 Å². The van der Waals surface area contributed by atoms with Gasteiger partial charge in [0.15, 0.2) is 5.11 Å². The summed E-state index contributed by atoms with van der Waals surface area (Å²) >= 11 is 5.34.